The maximum absolute atomic E-state index is 11.4. The molecule has 27 heavy (non-hydrogen) atoms. The zero-order valence-corrected chi connectivity index (χ0v) is 15.1. The Balaban J connectivity index is 1.62. The molecule has 9 nitrogen and oxygen atoms in total. The summed E-state index contributed by atoms with van der Waals surface area (Å²) < 4.78 is 7.32. The standard InChI is InChI=1S/C17H16N6O3S/c24-23(25)14-8-9-15(18-16(14)12-5-2-1-3-6-12)27-17-19-20-21-22(17)11-13-7-4-10-26-13/h1-3,5-6,8-9,13H,4,7,10-11H2. The zero-order valence-electron chi connectivity index (χ0n) is 14.3. The molecule has 0 spiro atoms. The number of tetrazole rings is 1. The summed E-state index contributed by atoms with van der Waals surface area (Å²) in [6, 6.07) is 12.2. The van der Waals surface area contributed by atoms with E-state index >= 15 is 0 Å². The summed E-state index contributed by atoms with van der Waals surface area (Å²) >= 11 is 1.27. The second-order valence-electron chi connectivity index (χ2n) is 6.02. The molecule has 3 heterocycles. The molecule has 0 N–H and O–H groups in total. The molecule has 1 aliphatic heterocycles. The summed E-state index contributed by atoms with van der Waals surface area (Å²) in [5.41, 5.74) is 0.971. The molecular weight excluding hydrogens is 368 g/mol. The van der Waals surface area contributed by atoms with Crippen molar-refractivity contribution in [2.75, 3.05) is 6.61 Å². The molecule has 138 valence electrons. The lowest BCUT2D eigenvalue weighted by Crippen LogP contribution is -2.16. The second-order valence-corrected chi connectivity index (χ2v) is 7.01. The Bertz CT molecular complexity index is 943. The third-order valence-electron chi connectivity index (χ3n) is 4.19. The van der Waals surface area contributed by atoms with Gasteiger partial charge < -0.3 is 4.74 Å². The van der Waals surface area contributed by atoms with Crippen LogP contribution in [0.3, 0.4) is 0 Å². The van der Waals surface area contributed by atoms with Crippen molar-refractivity contribution in [1.29, 1.82) is 0 Å². The molecule has 3 aromatic rings. The minimum absolute atomic E-state index is 0.0375. The van der Waals surface area contributed by atoms with Crippen LogP contribution < -0.4 is 0 Å². The molecule has 1 aromatic carbocycles. The van der Waals surface area contributed by atoms with Crippen molar-refractivity contribution < 1.29 is 9.66 Å². The Hall–Kier alpha value is -2.85. The number of hydrogen-bond acceptors (Lipinski definition) is 8. The fourth-order valence-electron chi connectivity index (χ4n) is 2.91. The van der Waals surface area contributed by atoms with Crippen LogP contribution in [-0.4, -0.2) is 42.8 Å². The fourth-order valence-corrected chi connectivity index (χ4v) is 3.66. The Labute approximate surface area is 158 Å². The molecule has 0 amide bonds. The summed E-state index contributed by atoms with van der Waals surface area (Å²) in [7, 11) is 0. The largest absolute Gasteiger partial charge is 0.376 e. The van der Waals surface area contributed by atoms with E-state index in [0.717, 1.165) is 19.4 Å². The third-order valence-corrected chi connectivity index (χ3v) is 5.10. The summed E-state index contributed by atoms with van der Waals surface area (Å²) in [5.74, 6) is 0. The summed E-state index contributed by atoms with van der Waals surface area (Å²) in [6.07, 6.45) is 2.13. The zero-order chi connectivity index (χ0) is 18.6. The van der Waals surface area contributed by atoms with Crippen LogP contribution in [0, 0.1) is 10.1 Å². The van der Waals surface area contributed by atoms with Gasteiger partial charge in [0.05, 0.1) is 17.6 Å². The van der Waals surface area contributed by atoms with Crippen LogP contribution in [0.15, 0.2) is 52.6 Å². The maximum atomic E-state index is 11.4. The Morgan fingerprint density at radius 3 is 2.85 bits per heavy atom. The highest BCUT2D eigenvalue weighted by Gasteiger charge is 2.21. The van der Waals surface area contributed by atoms with Crippen molar-refractivity contribution in [3.05, 3.63) is 52.6 Å². The van der Waals surface area contributed by atoms with Crippen LogP contribution >= 0.6 is 11.8 Å². The first-order valence-electron chi connectivity index (χ1n) is 8.47. The molecule has 4 rings (SSSR count). The van der Waals surface area contributed by atoms with Gasteiger partial charge in [0.15, 0.2) is 0 Å². The highest BCUT2D eigenvalue weighted by Crippen LogP contribution is 2.32. The van der Waals surface area contributed by atoms with Crippen molar-refractivity contribution in [2.24, 2.45) is 0 Å². The van der Waals surface area contributed by atoms with Gasteiger partial charge >= 0.3 is 0 Å². The molecule has 10 heteroatoms. The second kappa shape index (κ2) is 7.80. The predicted molar refractivity (Wildman–Crippen MR) is 97.2 cm³/mol. The van der Waals surface area contributed by atoms with Crippen LogP contribution in [0.4, 0.5) is 5.69 Å². The molecule has 0 radical (unpaired) electrons. The van der Waals surface area contributed by atoms with Gasteiger partial charge in [-0.25, -0.2) is 9.67 Å². The minimum Gasteiger partial charge on any atom is -0.376 e. The van der Waals surface area contributed by atoms with Gasteiger partial charge in [-0.15, -0.1) is 5.10 Å². The first kappa shape index (κ1) is 17.6. The third kappa shape index (κ3) is 3.96. The lowest BCUT2D eigenvalue weighted by molar-refractivity contribution is -0.384. The molecule has 2 aromatic heterocycles. The number of ether oxygens (including phenoxy) is 1. The van der Waals surface area contributed by atoms with E-state index in [1.807, 2.05) is 18.2 Å². The van der Waals surface area contributed by atoms with E-state index in [1.165, 1.54) is 17.8 Å². The lowest BCUT2D eigenvalue weighted by Gasteiger charge is -2.10. The molecule has 1 saturated heterocycles. The van der Waals surface area contributed by atoms with Crippen molar-refractivity contribution in [3.63, 3.8) is 0 Å². The smallest absolute Gasteiger partial charge is 0.295 e. The summed E-state index contributed by atoms with van der Waals surface area (Å²) in [6.45, 7) is 1.34. The van der Waals surface area contributed by atoms with Crippen molar-refractivity contribution in [2.45, 2.75) is 35.7 Å². The highest BCUT2D eigenvalue weighted by atomic mass is 32.2. The van der Waals surface area contributed by atoms with Gasteiger partial charge in [0.2, 0.25) is 5.16 Å². The van der Waals surface area contributed by atoms with Gasteiger partial charge in [0.1, 0.15) is 10.7 Å². The Morgan fingerprint density at radius 1 is 1.26 bits per heavy atom. The quantitative estimate of drug-likeness (QED) is 0.471. The molecule has 0 saturated carbocycles. The first-order valence-corrected chi connectivity index (χ1v) is 9.29. The number of aromatic nitrogens is 5. The van der Waals surface area contributed by atoms with Gasteiger partial charge in [0, 0.05) is 18.2 Å². The molecule has 0 bridgehead atoms. The SMILES string of the molecule is O=[N+]([O-])c1ccc(Sc2nnnn2CC2CCCO2)nc1-c1ccccc1. The normalized spacial score (nSPS) is 16.5. The number of nitrogens with zero attached hydrogens (tertiary/aromatic N) is 6. The van der Waals surface area contributed by atoms with Gasteiger partial charge in [-0.05, 0) is 41.1 Å². The van der Waals surface area contributed by atoms with Gasteiger partial charge in [-0.3, -0.25) is 10.1 Å². The molecule has 1 fully saturated rings. The summed E-state index contributed by atoms with van der Waals surface area (Å²) in [4.78, 5) is 15.4. The maximum Gasteiger partial charge on any atom is 0.295 e. The van der Waals surface area contributed by atoms with E-state index < -0.39 is 4.92 Å². The first-order chi connectivity index (χ1) is 13.2. The van der Waals surface area contributed by atoms with Crippen LogP contribution in [0.1, 0.15) is 12.8 Å². The predicted octanol–water partition coefficient (Wildman–Crippen LogP) is 2.97. The monoisotopic (exact) mass is 384 g/mol. The Morgan fingerprint density at radius 2 is 2.11 bits per heavy atom. The van der Waals surface area contributed by atoms with Gasteiger partial charge in [0.25, 0.3) is 5.69 Å². The summed E-state index contributed by atoms with van der Waals surface area (Å²) in [5, 5.41) is 24.3. The number of hydrogen-bond donors (Lipinski definition) is 0. The lowest BCUT2D eigenvalue weighted by atomic mass is 10.1. The van der Waals surface area contributed by atoms with Crippen molar-refractivity contribution in [1.82, 2.24) is 25.2 Å². The van der Waals surface area contributed by atoms with Crippen LogP contribution in [0.2, 0.25) is 0 Å². The average Bonchev–Trinajstić information content (AvgIpc) is 3.35. The van der Waals surface area contributed by atoms with Crippen LogP contribution in [0.25, 0.3) is 11.3 Å². The highest BCUT2D eigenvalue weighted by molar-refractivity contribution is 7.99. The van der Waals surface area contributed by atoms with Crippen molar-refractivity contribution in [3.8, 4) is 11.3 Å². The van der Waals surface area contributed by atoms with E-state index in [-0.39, 0.29) is 11.8 Å². The minimum atomic E-state index is -0.425. The number of rotatable bonds is 6. The van der Waals surface area contributed by atoms with E-state index in [0.29, 0.717) is 28.0 Å². The molecule has 0 aliphatic carbocycles. The van der Waals surface area contributed by atoms with E-state index in [1.54, 1.807) is 22.9 Å². The molecule has 1 unspecified atom stereocenters. The Kier molecular flexibility index (Phi) is 5.07. The van der Waals surface area contributed by atoms with E-state index in [4.69, 9.17) is 4.74 Å². The number of pyridine rings is 1. The topological polar surface area (TPSA) is 109 Å². The van der Waals surface area contributed by atoms with E-state index in [9.17, 15) is 10.1 Å². The number of nitro groups is 1. The van der Waals surface area contributed by atoms with Crippen molar-refractivity contribution >= 4 is 17.4 Å². The van der Waals surface area contributed by atoms with Crippen LogP contribution in [-0.2, 0) is 11.3 Å². The average molecular weight is 384 g/mol. The molecular formula is C17H16N6O3S. The molecule has 1 aliphatic rings. The van der Waals surface area contributed by atoms with Gasteiger partial charge in [-0.2, -0.15) is 0 Å². The fraction of sp³-hybridized carbons (Fsp3) is 0.294. The van der Waals surface area contributed by atoms with Crippen LogP contribution in [0.5, 0.6) is 0 Å². The molecule has 1 atom stereocenters. The number of benzene rings is 1. The van der Waals surface area contributed by atoms with Gasteiger partial charge in [-0.1, -0.05) is 30.3 Å². The van der Waals surface area contributed by atoms with E-state index in [2.05, 4.69) is 20.5 Å².